The number of amides is 1. The minimum absolute atomic E-state index is 0.179. The number of nitrogens with zero attached hydrogens (tertiary/aromatic N) is 2. The minimum atomic E-state index is -0.961. The van der Waals surface area contributed by atoms with Crippen LogP contribution in [0.2, 0.25) is 0 Å². The van der Waals surface area contributed by atoms with Crippen molar-refractivity contribution in [3.63, 3.8) is 0 Å². The maximum absolute atomic E-state index is 12.9. The van der Waals surface area contributed by atoms with Crippen molar-refractivity contribution >= 4 is 22.8 Å². The van der Waals surface area contributed by atoms with Gasteiger partial charge in [-0.25, -0.2) is 4.79 Å². The maximum Gasteiger partial charge on any atom is 0.360 e. The zero-order chi connectivity index (χ0) is 17.9. The van der Waals surface area contributed by atoms with E-state index in [4.69, 9.17) is 4.74 Å². The fourth-order valence-electron chi connectivity index (χ4n) is 3.27. The molecule has 0 spiro atoms. The van der Waals surface area contributed by atoms with Gasteiger partial charge in [0.2, 0.25) is 6.10 Å². The molecule has 1 aliphatic heterocycles. The lowest BCUT2D eigenvalue weighted by atomic mass is 10.1. The van der Waals surface area contributed by atoms with Crippen LogP contribution in [0.1, 0.15) is 35.0 Å². The summed E-state index contributed by atoms with van der Waals surface area (Å²) in [5.74, 6) is -0.786. The van der Waals surface area contributed by atoms with Crippen LogP contribution in [0.3, 0.4) is 0 Å². The van der Waals surface area contributed by atoms with E-state index in [1.54, 1.807) is 23.1 Å². The van der Waals surface area contributed by atoms with E-state index in [9.17, 15) is 9.59 Å². The average molecular weight is 349 g/mol. The molecule has 4 rings (SSSR count). The summed E-state index contributed by atoms with van der Waals surface area (Å²) in [6.45, 7) is 1.40. The lowest BCUT2D eigenvalue weighted by molar-refractivity contribution is -0.140. The van der Waals surface area contributed by atoms with Crippen LogP contribution in [0.15, 0.2) is 54.6 Å². The number of H-pyrrole nitrogens is 1. The summed E-state index contributed by atoms with van der Waals surface area (Å²) in [7, 11) is 0. The van der Waals surface area contributed by atoms with E-state index < -0.39 is 12.1 Å². The van der Waals surface area contributed by atoms with Gasteiger partial charge in [-0.2, -0.15) is 5.10 Å². The molecule has 1 fully saturated rings. The molecule has 26 heavy (non-hydrogen) atoms. The van der Waals surface area contributed by atoms with Crippen LogP contribution >= 0.6 is 0 Å². The number of para-hydroxylation sites is 1. The Balaban J connectivity index is 1.64. The molecule has 132 valence electrons. The van der Waals surface area contributed by atoms with Gasteiger partial charge in [0.25, 0.3) is 5.91 Å². The van der Waals surface area contributed by atoms with Crippen LogP contribution in [0.4, 0.5) is 0 Å². The molecule has 6 heteroatoms. The second kappa shape index (κ2) is 7.00. The number of rotatable bonds is 4. The van der Waals surface area contributed by atoms with E-state index in [1.165, 1.54) is 0 Å². The first kappa shape index (κ1) is 16.3. The van der Waals surface area contributed by atoms with Crippen LogP contribution in [0.5, 0.6) is 0 Å². The van der Waals surface area contributed by atoms with Crippen molar-refractivity contribution in [2.75, 3.05) is 13.1 Å². The molecule has 0 aliphatic carbocycles. The summed E-state index contributed by atoms with van der Waals surface area (Å²) in [6.07, 6.45) is 0.994. The van der Waals surface area contributed by atoms with Gasteiger partial charge >= 0.3 is 5.97 Å². The quantitative estimate of drug-likeness (QED) is 0.735. The van der Waals surface area contributed by atoms with Crippen LogP contribution < -0.4 is 0 Å². The molecule has 0 radical (unpaired) electrons. The van der Waals surface area contributed by atoms with Gasteiger partial charge < -0.3 is 9.64 Å². The minimum Gasteiger partial charge on any atom is -0.442 e. The summed E-state index contributed by atoms with van der Waals surface area (Å²) in [6, 6.07) is 16.5. The molecule has 1 aromatic heterocycles. The Bertz CT molecular complexity index is 930. The number of nitrogens with one attached hydrogen (secondary N) is 1. The van der Waals surface area contributed by atoms with E-state index in [0.717, 1.165) is 18.4 Å². The number of ether oxygens (including phenoxy) is 1. The van der Waals surface area contributed by atoms with Gasteiger partial charge in [0, 0.05) is 24.0 Å². The smallest absolute Gasteiger partial charge is 0.360 e. The van der Waals surface area contributed by atoms with Crippen molar-refractivity contribution in [2.24, 2.45) is 0 Å². The molecule has 6 nitrogen and oxygen atoms in total. The van der Waals surface area contributed by atoms with Gasteiger partial charge in [0.15, 0.2) is 5.69 Å². The topological polar surface area (TPSA) is 75.3 Å². The molecule has 1 saturated heterocycles. The molecule has 0 bridgehead atoms. The summed E-state index contributed by atoms with van der Waals surface area (Å²) in [4.78, 5) is 27.4. The van der Waals surface area contributed by atoms with Crippen molar-refractivity contribution in [1.82, 2.24) is 15.1 Å². The lowest BCUT2D eigenvalue weighted by Crippen LogP contribution is -2.35. The monoisotopic (exact) mass is 349 g/mol. The Morgan fingerprint density at radius 2 is 1.69 bits per heavy atom. The van der Waals surface area contributed by atoms with Crippen molar-refractivity contribution < 1.29 is 14.3 Å². The predicted molar refractivity (Wildman–Crippen MR) is 96.5 cm³/mol. The second-order valence-corrected chi connectivity index (χ2v) is 6.35. The fourth-order valence-corrected chi connectivity index (χ4v) is 3.27. The zero-order valence-corrected chi connectivity index (χ0v) is 14.2. The van der Waals surface area contributed by atoms with Gasteiger partial charge in [0.1, 0.15) is 0 Å². The summed E-state index contributed by atoms with van der Waals surface area (Å²) in [5, 5.41) is 7.57. The van der Waals surface area contributed by atoms with E-state index in [1.807, 2.05) is 36.4 Å². The Labute approximate surface area is 150 Å². The number of fused-ring (bicyclic) bond motifs is 1. The largest absolute Gasteiger partial charge is 0.442 e. The number of hydrogen-bond donors (Lipinski definition) is 1. The van der Waals surface area contributed by atoms with Crippen molar-refractivity contribution in [3.05, 3.63) is 65.9 Å². The van der Waals surface area contributed by atoms with Crippen LogP contribution in [0.25, 0.3) is 10.9 Å². The number of aromatic nitrogens is 2. The van der Waals surface area contributed by atoms with E-state index >= 15 is 0 Å². The van der Waals surface area contributed by atoms with Gasteiger partial charge in [-0.3, -0.25) is 9.89 Å². The Hall–Kier alpha value is -3.15. The first-order valence-electron chi connectivity index (χ1n) is 8.72. The molecule has 1 unspecified atom stereocenters. The molecule has 1 amide bonds. The van der Waals surface area contributed by atoms with Gasteiger partial charge in [-0.05, 0) is 18.9 Å². The average Bonchev–Trinajstić information content (AvgIpc) is 3.36. The van der Waals surface area contributed by atoms with E-state index in [0.29, 0.717) is 24.0 Å². The SMILES string of the molecule is O=C(OC(C(=O)N1CCCC1)c1ccccc1)c1n[nH]c2ccccc12. The normalized spacial score (nSPS) is 15.2. The standard InChI is InChI=1S/C20H19N3O3/c24-19(23-12-6-7-13-23)18(14-8-2-1-3-9-14)26-20(25)17-15-10-4-5-11-16(15)21-22-17/h1-5,8-11,18H,6-7,12-13H2,(H,21,22). The van der Waals surface area contributed by atoms with Gasteiger partial charge in [0.05, 0.1) is 5.52 Å². The van der Waals surface area contributed by atoms with Gasteiger partial charge in [-0.1, -0.05) is 48.5 Å². The van der Waals surface area contributed by atoms with E-state index in [2.05, 4.69) is 10.2 Å². The van der Waals surface area contributed by atoms with Gasteiger partial charge in [-0.15, -0.1) is 0 Å². The molecular weight excluding hydrogens is 330 g/mol. The van der Waals surface area contributed by atoms with Crippen molar-refractivity contribution in [3.8, 4) is 0 Å². The third-order valence-corrected chi connectivity index (χ3v) is 4.63. The number of carbonyl (C=O) groups is 2. The Morgan fingerprint density at radius 3 is 2.46 bits per heavy atom. The summed E-state index contributed by atoms with van der Waals surface area (Å²) >= 11 is 0. The first-order valence-corrected chi connectivity index (χ1v) is 8.72. The number of benzene rings is 2. The number of aromatic amines is 1. The van der Waals surface area contributed by atoms with Crippen LogP contribution in [-0.2, 0) is 9.53 Å². The third kappa shape index (κ3) is 3.06. The summed E-state index contributed by atoms with van der Waals surface area (Å²) < 4.78 is 5.65. The third-order valence-electron chi connectivity index (χ3n) is 4.63. The molecule has 2 heterocycles. The molecule has 2 aromatic carbocycles. The highest BCUT2D eigenvalue weighted by atomic mass is 16.5. The number of carbonyl (C=O) groups excluding carboxylic acids is 2. The molecular formula is C20H19N3O3. The zero-order valence-electron chi connectivity index (χ0n) is 14.2. The lowest BCUT2D eigenvalue weighted by Gasteiger charge is -2.23. The van der Waals surface area contributed by atoms with Crippen molar-refractivity contribution in [1.29, 1.82) is 0 Å². The second-order valence-electron chi connectivity index (χ2n) is 6.35. The Kier molecular flexibility index (Phi) is 4.39. The number of likely N-dealkylation sites (tertiary alicyclic amines) is 1. The molecule has 0 saturated carbocycles. The molecule has 3 aromatic rings. The first-order chi connectivity index (χ1) is 12.7. The highest BCUT2D eigenvalue weighted by molar-refractivity contribution is 6.02. The Morgan fingerprint density at radius 1 is 1.00 bits per heavy atom. The highest BCUT2D eigenvalue weighted by Gasteiger charge is 2.32. The molecule has 1 N–H and O–H groups in total. The van der Waals surface area contributed by atoms with Crippen molar-refractivity contribution in [2.45, 2.75) is 18.9 Å². The maximum atomic E-state index is 12.9. The fraction of sp³-hybridized carbons (Fsp3) is 0.250. The predicted octanol–water partition coefficient (Wildman–Crippen LogP) is 3.08. The number of esters is 1. The highest BCUT2D eigenvalue weighted by Crippen LogP contribution is 2.25. The van der Waals surface area contributed by atoms with E-state index in [-0.39, 0.29) is 11.6 Å². The molecule has 1 atom stereocenters. The van der Waals surface area contributed by atoms with Crippen LogP contribution in [-0.4, -0.2) is 40.1 Å². The summed E-state index contributed by atoms with van der Waals surface area (Å²) in [5.41, 5.74) is 1.61. The van der Waals surface area contributed by atoms with Crippen LogP contribution in [0, 0.1) is 0 Å². The molecule has 1 aliphatic rings. The number of hydrogen-bond acceptors (Lipinski definition) is 4.